The fourth-order valence-electron chi connectivity index (χ4n) is 3.12. The number of nitrogens with zero attached hydrogens (tertiary/aromatic N) is 3. The molecule has 1 aromatic carbocycles. The molecule has 0 spiro atoms. The highest BCUT2D eigenvalue weighted by atomic mass is 19.4. The molecular formula is C22H18F3N5O. The van der Waals surface area contributed by atoms with Gasteiger partial charge in [-0.2, -0.15) is 13.2 Å². The molecule has 0 aliphatic rings. The number of fused-ring (bicyclic) bond motifs is 1. The Morgan fingerprint density at radius 1 is 1.00 bits per heavy atom. The molecule has 0 aliphatic heterocycles. The summed E-state index contributed by atoms with van der Waals surface area (Å²) >= 11 is 0. The minimum atomic E-state index is -4.47. The van der Waals surface area contributed by atoms with Gasteiger partial charge in [0, 0.05) is 34.9 Å². The maximum atomic E-state index is 12.3. The fraction of sp³-hybridized carbons (Fsp3) is 0.136. The number of rotatable bonds is 4. The summed E-state index contributed by atoms with van der Waals surface area (Å²) in [5.41, 5.74) is 5.54. The Balaban J connectivity index is 1.57. The first-order valence-corrected chi connectivity index (χ1v) is 9.41. The predicted octanol–water partition coefficient (Wildman–Crippen LogP) is 5.06. The number of anilines is 1. The van der Waals surface area contributed by atoms with Gasteiger partial charge in [0.1, 0.15) is 12.2 Å². The molecule has 31 heavy (non-hydrogen) atoms. The maximum Gasteiger partial charge on any atom is 0.405 e. The zero-order valence-electron chi connectivity index (χ0n) is 16.4. The standard InChI is InChI=1S/C22H18F3N5O/c1-14-5-6-17(11-26-14)15-7-8-30-19(12-27-20(30)10-15)16-3-2-4-18(9-16)29-21(31)28-13-22(23,24)25/h2-12H,13H2,1H3,(H2,28,29,31). The number of hydrogen-bond donors (Lipinski definition) is 2. The van der Waals surface area contributed by atoms with Crippen LogP contribution in [0.2, 0.25) is 0 Å². The van der Waals surface area contributed by atoms with E-state index in [0.29, 0.717) is 5.69 Å². The second-order valence-electron chi connectivity index (χ2n) is 6.98. The lowest BCUT2D eigenvalue weighted by Crippen LogP contribution is -2.36. The highest BCUT2D eigenvalue weighted by Crippen LogP contribution is 2.26. The molecule has 4 rings (SSSR count). The fourth-order valence-corrected chi connectivity index (χ4v) is 3.12. The van der Waals surface area contributed by atoms with Crippen LogP contribution in [0.4, 0.5) is 23.7 Å². The van der Waals surface area contributed by atoms with Crippen molar-refractivity contribution in [3.8, 4) is 22.4 Å². The van der Waals surface area contributed by atoms with Gasteiger partial charge in [0.05, 0.1) is 11.9 Å². The number of urea groups is 1. The van der Waals surface area contributed by atoms with Crippen LogP contribution in [0.5, 0.6) is 0 Å². The Bertz CT molecular complexity index is 1230. The van der Waals surface area contributed by atoms with Gasteiger partial charge in [0.25, 0.3) is 0 Å². The summed E-state index contributed by atoms with van der Waals surface area (Å²) in [6.45, 7) is 0.529. The van der Waals surface area contributed by atoms with Gasteiger partial charge in [-0.25, -0.2) is 9.78 Å². The van der Waals surface area contributed by atoms with Crippen molar-refractivity contribution in [1.29, 1.82) is 0 Å². The molecule has 0 aliphatic carbocycles. The van der Waals surface area contributed by atoms with Crippen molar-refractivity contribution < 1.29 is 18.0 Å². The van der Waals surface area contributed by atoms with Crippen molar-refractivity contribution in [2.75, 3.05) is 11.9 Å². The van der Waals surface area contributed by atoms with Crippen molar-refractivity contribution in [2.24, 2.45) is 0 Å². The van der Waals surface area contributed by atoms with Crippen LogP contribution in [0, 0.1) is 6.92 Å². The molecule has 0 atom stereocenters. The van der Waals surface area contributed by atoms with E-state index >= 15 is 0 Å². The molecule has 4 aromatic rings. The molecule has 0 bridgehead atoms. The highest BCUT2D eigenvalue weighted by Gasteiger charge is 2.27. The Labute approximate surface area is 175 Å². The van der Waals surface area contributed by atoms with Crippen molar-refractivity contribution in [3.05, 3.63) is 72.8 Å². The van der Waals surface area contributed by atoms with Crippen LogP contribution in [0.15, 0.2) is 67.1 Å². The van der Waals surface area contributed by atoms with Gasteiger partial charge in [0.15, 0.2) is 0 Å². The lowest BCUT2D eigenvalue weighted by Gasteiger charge is -2.11. The molecule has 3 heterocycles. The van der Waals surface area contributed by atoms with E-state index in [4.69, 9.17) is 0 Å². The highest BCUT2D eigenvalue weighted by molar-refractivity contribution is 5.90. The minimum absolute atomic E-state index is 0.370. The van der Waals surface area contributed by atoms with Gasteiger partial charge in [-0.1, -0.05) is 18.2 Å². The van der Waals surface area contributed by atoms with E-state index in [0.717, 1.165) is 33.7 Å². The summed E-state index contributed by atoms with van der Waals surface area (Å²) in [5.74, 6) is 0. The first-order valence-electron chi connectivity index (χ1n) is 9.41. The van der Waals surface area contributed by atoms with E-state index in [1.807, 2.05) is 54.0 Å². The van der Waals surface area contributed by atoms with Crippen LogP contribution < -0.4 is 10.6 Å². The number of benzene rings is 1. The van der Waals surface area contributed by atoms with E-state index in [2.05, 4.69) is 15.3 Å². The number of alkyl halides is 3. The van der Waals surface area contributed by atoms with Crippen LogP contribution in [0.1, 0.15) is 5.69 Å². The van der Waals surface area contributed by atoms with Crippen LogP contribution in [0.25, 0.3) is 28.0 Å². The second kappa shape index (κ2) is 8.10. The van der Waals surface area contributed by atoms with E-state index in [9.17, 15) is 18.0 Å². The summed E-state index contributed by atoms with van der Waals surface area (Å²) in [5, 5.41) is 4.20. The normalized spacial score (nSPS) is 11.5. The average Bonchev–Trinajstić information content (AvgIpc) is 3.16. The molecule has 3 aromatic heterocycles. The number of aromatic nitrogens is 3. The zero-order chi connectivity index (χ0) is 22.0. The number of pyridine rings is 2. The molecule has 0 saturated carbocycles. The molecule has 0 fully saturated rings. The third-order valence-corrected chi connectivity index (χ3v) is 4.62. The van der Waals surface area contributed by atoms with Crippen molar-refractivity contribution in [2.45, 2.75) is 13.1 Å². The van der Waals surface area contributed by atoms with Gasteiger partial charge in [-0.05, 0) is 42.8 Å². The molecule has 0 saturated heterocycles. The molecule has 6 nitrogen and oxygen atoms in total. The lowest BCUT2D eigenvalue weighted by molar-refractivity contribution is -0.122. The minimum Gasteiger partial charge on any atom is -0.329 e. The van der Waals surface area contributed by atoms with Crippen molar-refractivity contribution in [3.63, 3.8) is 0 Å². The first kappa shape index (κ1) is 20.4. The van der Waals surface area contributed by atoms with Gasteiger partial charge >= 0.3 is 12.2 Å². The molecular weight excluding hydrogens is 407 g/mol. The van der Waals surface area contributed by atoms with Gasteiger partial charge in [-0.15, -0.1) is 0 Å². The number of carbonyl (C=O) groups is 1. The molecule has 0 unspecified atom stereocenters. The number of imidazole rings is 1. The SMILES string of the molecule is Cc1ccc(-c2ccn3c(-c4cccc(NC(=O)NCC(F)(F)F)c4)cnc3c2)cn1. The summed E-state index contributed by atoms with van der Waals surface area (Å²) in [6, 6.07) is 13.7. The van der Waals surface area contributed by atoms with Crippen LogP contribution in [-0.4, -0.2) is 33.1 Å². The molecule has 158 valence electrons. The Kier molecular flexibility index (Phi) is 5.33. The largest absolute Gasteiger partial charge is 0.405 e. The van der Waals surface area contributed by atoms with Gasteiger partial charge < -0.3 is 10.6 Å². The van der Waals surface area contributed by atoms with E-state index in [1.54, 1.807) is 29.7 Å². The molecule has 9 heteroatoms. The number of carbonyl (C=O) groups excluding carboxylic acids is 1. The topological polar surface area (TPSA) is 71.3 Å². The molecule has 2 N–H and O–H groups in total. The Morgan fingerprint density at radius 3 is 2.58 bits per heavy atom. The summed E-state index contributed by atoms with van der Waals surface area (Å²) in [6.07, 6.45) is 0.936. The summed E-state index contributed by atoms with van der Waals surface area (Å²) in [7, 11) is 0. The smallest absolute Gasteiger partial charge is 0.329 e. The van der Waals surface area contributed by atoms with E-state index in [1.165, 1.54) is 0 Å². The van der Waals surface area contributed by atoms with Crippen LogP contribution in [-0.2, 0) is 0 Å². The average molecular weight is 425 g/mol. The zero-order valence-corrected chi connectivity index (χ0v) is 16.4. The molecule has 2 amide bonds. The van der Waals surface area contributed by atoms with Crippen molar-refractivity contribution in [1.82, 2.24) is 19.7 Å². The third kappa shape index (κ3) is 4.82. The second-order valence-corrected chi connectivity index (χ2v) is 6.98. The summed E-state index contributed by atoms with van der Waals surface area (Å²) < 4.78 is 38.7. The Morgan fingerprint density at radius 2 is 1.84 bits per heavy atom. The summed E-state index contributed by atoms with van der Waals surface area (Å²) in [4.78, 5) is 20.5. The first-order chi connectivity index (χ1) is 14.8. The van der Waals surface area contributed by atoms with Crippen molar-refractivity contribution >= 4 is 17.4 Å². The quantitative estimate of drug-likeness (QED) is 0.480. The number of amides is 2. The number of nitrogens with one attached hydrogen (secondary N) is 2. The van der Waals surface area contributed by atoms with Gasteiger partial charge in [0.2, 0.25) is 0 Å². The predicted molar refractivity (Wildman–Crippen MR) is 112 cm³/mol. The third-order valence-electron chi connectivity index (χ3n) is 4.62. The maximum absolute atomic E-state index is 12.3. The molecule has 0 radical (unpaired) electrons. The van der Waals surface area contributed by atoms with Gasteiger partial charge in [-0.3, -0.25) is 9.38 Å². The number of halogens is 3. The van der Waals surface area contributed by atoms with Crippen LogP contribution in [0.3, 0.4) is 0 Å². The Hall–Kier alpha value is -3.88. The number of aryl methyl sites for hydroxylation is 1. The lowest BCUT2D eigenvalue weighted by atomic mass is 10.1. The van der Waals surface area contributed by atoms with Crippen LogP contribution >= 0.6 is 0 Å². The monoisotopic (exact) mass is 425 g/mol. The van der Waals surface area contributed by atoms with E-state index < -0.39 is 18.8 Å². The number of hydrogen-bond acceptors (Lipinski definition) is 3. The van der Waals surface area contributed by atoms with E-state index in [-0.39, 0.29) is 0 Å².